The molecule has 12 heavy (non-hydrogen) atoms. The Morgan fingerprint density at radius 3 is 2.83 bits per heavy atom. The molecule has 1 aliphatic rings. The van der Waals surface area contributed by atoms with Gasteiger partial charge in [0.05, 0.1) is 12.7 Å². The molecule has 0 aromatic carbocycles. The third kappa shape index (κ3) is 2.46. The zero-order chi connectivity index (χ0) is 8.97. The number of hydrogen-bond acceptors (Lipinski definition) is 2. The molecule has 1 rings (SSSR count). The predicted molar refractivity (Wildman–Crippen MR) is 49.2 cm³/mol. The first-order chi connectivity index (χ1) is 5.75. The Morgan fingerprint density at radius 1 is 1.50 bits per heavy atom. The fourth-order valence-corrected chi connectivity index (χ4v) is 1.78. The molecular formula is C10H20O2. The van der Waals surface area contributed by atoms with Gasteiger partial charge in [-0.25, -0.2) is 0 Å². The van der Waals surface area contributed by atoms with Crippen LogP contribution in [0.15, 0.2) is 0 Å². The van der Waals surface area contributed by atoms with E-state index in [0.717, 1.165) is 26.2 Å². The Kier molecular flexibility index (Phi) is 4.02. The third-order valence-electron chi connectivity index (χ3n) is 2.57. The van der Waals surface area contributed by atoms with Crippen LogP contribution in [0.1, 0.15) is 27.2 Å². The summed E-state index contributed by atoms with van der Waals surface area (Å²) in [5, 5.41) is 0. The maximum atomic E-state index is 5.68. The van der Waals surface area contributed by atoms with Gasteiger partial charge in [0.1, 0.15) is 0 Å². The van der Waals surface area contributed by atoms with Gasteiger partial charge in [-0.15, -0.1) is 0 Å². The molecule has 0 amide bonds. The molecule has 1 heterocycles. The predicted octanol–water partition coefficient (Wildman–Crippen LogP) is 2.08. The zero-order valence-corrected chi connectivity index (χ0v) is 8.38. The van der Waals surface area contributed by atoms with Crippen LogP contribution in [-0.4, -0.2) is 25.9 Å². The van der Waals surface area contributed by atoms with E-state index in [1.54, 1.807) is 0 Å². The summed E-state index contributed by atoms with van der Waals surface area (Å²) >= 11 is 0. The van der Waals surface area contributed by atoms with Gasteiger partial charge in [0.25, 0.3) is 0 Å². The highest BCUT2D eigenvalue weighted by Crippen LogP contribution is 2.24. The summed E-state index contributed by atoms with van der Waals surface area (Å²) in [7, 11) is 0. The summed E-state index contributed by atoms with van der Waals surface area (Å²) in [6, 6.07) is 0. The minimum Gasteiger partial charge on any atom is -0.381 e. The highest BCUT2D eigenvalue weighted by Gasteiger charge is 2.28. The van der Waals surface area contributed by atoms with E-state index in [1.807, 2.05) is 0 Å². The smallest absolute Gasteiger partial charge is 0.0649 e. The van der Waals surface area contributed by atoms with Crippen molar-refractivity contribution in [3.63, 3.8) is 0 Å². The Balaban J connectivity index is 2.42. The molecule has 2 unspecified atom stereocenters. The second-order valence-electron chi connectivity index (χ2n) is 3.77. The molecule has 0 bridgehead atoms. The van der Waals surface area contributed by atoms with Crippen molar-refractivity contribution >= 4 is 0 Å². The molecule has 1 fully saturated rings. The second-order valence-corrected chi connectivity index (χ2v) is 3.77. The SMILES string of the molecule is CCOC1CCOCC1C(C)C. The summed E-state index contributed by atoms with van der Waals surface area (Å²) in [6.45, 7) is 9.12. The molecule has 1 aliphatic heterocycles. The monoisotopic (exact) mass is 172 g/mol. The Hall–Kier alpha value is -0.0800. The molecule has 0 aromatic heterocycles. The van der Waals surface area contributed by atoms with E-state index in [2.05, 4.69) is 20.8 Å². The van der Waals surface area contributed by atoms with Gasteiger partial charge in [0.15, 0.2) is 0 Å². The van der Waals surface area contributed by atoms with Crippen molar-refractivity contribution in [2.45, 2.75) is 33.3 Å². The lowest BCUT2D eigenvalue weighted by Gasteiger charge is -2.33. The van der Waals surface area contributed by atoms with E-state index in [-0.39, 0.29) is 0 Å². The molecule has 0 aliphatic carbocycles. The first-order valence-electron chi connectivity index (χ1n) is 4.95. The maximum absolute atomic E-state index is 5.68. The van der Waals surface area contributed by atoms with Gasteiger partial charge in [-0.2, -0.15) is 0 Å². The van der Waals surface area contributed by atoms with E-state index < -0.39 is 0 Å². The number of ether oxygens (including phenoxy) is 2. The van der Waals surface area contributed by atoms with Crippen molar-refractivity contribution in [3.8, 4) is 0 Å². The number of rotatable bonds is 3. The lowest BCUT2D eigenvalue weighted by Crippen LogP contribution is -2.37. The fourth-order valence-electron chi connectivity index (χ4n) is 1.78. The van der Waals surface area contributed by atoms with Gasteiger partial charge >= 0.3 is 0 Å². The van der Waals surface area contributed by atoms with Gasteiger partial charge in [-0.1, -0.05) is 13.8 Å². The first kappa shape index (κ1) is 10.0. The summed E-state index contributed by atoms with van der Waals surface area (Å²) in [6.07, 6.45) is 1.50. The molecular weight excluding hydrogens is 152 g/mol. The lowest BCUT2D eigenvalue weighted by molar-refractivity contribution is -0.0844. The average molecular weight is 172 g/mol. The Morgan fingerprint density at radius 2 is 2.25 bits per heavy atom. The van der Waals surface area contributed by atoms with Gasteiger partial charge in [-0.3, -0.25) is 0 Å². The molecule has 2 atom stereocenters. The molecule has 0 radical (unpaired) electrons. The largest absolute Gasteiger partial charge is 0.381 e. The average Bonchev–Trinajstić information content (AvgIpc) is 2.05. The fraction of sp³-hybridized carbons (Fsp3) is 1.00. The van der Waals surface area contributed by atoms with Crippen LogP contribution in [-0.2, 0) is 9.47 Å². The topological polar surface area (TPSA) is 18.5 Å². The molecule has 72 valence electrons. The van der Waals surface area contributed by atoms with E-state index in [1.165, 1.54) is 0 Å². The van der Waals surface area contributed by atoms with Crippen LogP contribution >= 0.6 is 0 Å². The van der Waals surface area contributed by atoms with Crippen LogP contribution in [0.2, 0.25) is 0 Å². The van der Waals surface area contributed by atoms with Gasteiger partial charge in [0.2, 0.25) is 0 Å². The summed E-state index contributed by atoms with van der Waals surface area (Å²) < 4.78 is 11.1. The standard InChI is InChI=1S/C10H20O2/c1-4-12-10-5-6-11-7-9(10)8(2)3/h8-10H,4-7H2,1-3H3. The van der Waals surface area contributed by atoms with Gasteiger partial charge in [-0.05, 0) is 19.3 Å². The van der Waals surface area contributed by atoms with Crippen molar-refractivity contribution in [2.75, 3.05) is 19.8 Å². The maximum Gasteiger partial charge on any atom is 0.0649 e. The van der Waals surface area contributed by atoms with Crippen molar-refractivity contribution < 1.29 is 9.47 Å². The van der Waals surface area contributed by atoms with Crippen LogP contribution < -0.4 is 0 Å². The minimum absolute atomic E-state index is 0.434. The quantitative estimate of drug-likeness (QED) is 0.649. The van der Waals surface area contributed by atoms with Crippen LogP contribution in [0.3, 0.4) is 0 Å². The molecule has 2 heteroatoms. The van der Waals surface area contributed by atoms with Crippen LogP contribution in [0.5, 0.6) is 0 Å². The van der Waals surface area contributed by atoms with Gasteiger partial charge < -0.3 is 9.47 Å². The van der Waals surface area contributed by atoms with Gasteiger partial charge in [0, 0.05) is 19.1 Å². The van der Waals surface area contributed by atoms with Crippen LogP contribution in [0, 0.1) is 11.8 Å². The minimum atomic E-state index is 0.434. The van der Waals surface area contributed by atoms with Crippen LogP contribution in [0.4, 0.5) is 0 Å². The summed E-state index contributed by atoms with van der Waals surface area (Å²) in [4.78, 5) is 0. The highest BCUT2D eigenvalue weighted by atomic mass is 16.5. The van der Waals surface area contributed by atoms with E-state index in [0.29, 0.717) is 17.9 Å². The zero-order valence-electron chi connectivity index (χ0n) is 8.38. The number of hydrogen-bond donors (Lipinski definition) is 0. The summed E-state index contributed by atoms with van der Waals surface area (Å²) in [5.74, 6) is 1.26. The Labute approximate surface area is 75.2 Å². The van der Waals surface area contributed by atoms with Crippen molar-refractivity contribution in [3.05, 3.63) is 0 Å². The molecule has 0 spiro atoms. The molecule has 0 N–H and O–H groups in total. The molecule has 0 aromatic rings. The van der Waals surface area contributed by atoms with E-state index >= 15 is 0 Å². The van der Waals surface area contributed by atoms with Crippen molar-refractivity contribution in [1.82, 2.24) is 0 Å². The molecule has 2 nitrogen and oxygen atoms in total. The highest BCUT2D eigenvalue weighted by molar-refractivity contribution is 4.76. The lowest BCUT2D eigenvalue weighted by atomic mass is 9.88. The third-order valence-corrected chi connectivity index (χ3v) is 2.57. The first-order valence-corrected chi connectivity index (χ1v) is 4.95. The van der Waals surface area contributed by atoms with E-state index in [4.69, 9.17) is 9.47 Å². The molecule has 1 saturated heterocycles. The van der Waals surface area contributed by atoms with E-state index in [9.17, 15) is 0 Å². The molecule has 0 saturated carbocycles. The van der Waals surface area contributed by atoms with Crippen molar-refractivity contribution in [2.24, 2.45) is 11.8 Å². The van der Waals surface area contributed by atoms with Crippen LogP contribution in [0.25, 0.3) is 0 Å². The Bertz CT molecular complexity index is 121. The second kappa shape index (κ2) is 4.83. The summed E-state index contributed by atoms with van der Waals surface area (Å²) in [5.41, 5.74) is 0. The normalized spacial score (nSPS) is 31.0. The van der Waals surface area contributed by atoms with Crippen molar-refractivity contribution in [1.29, 1.82) is 0 Å².